The molecule has 0 N–H and O–H groups in total. The zero-order chi connectivity index (χ0) is 16.4. The minimum absolute atomic E-state index is 0.276. The van der Waals surface area contributed by atoms with Gasteiger partial charge < -0.3 is 0 Å². The molecule has 0 radical (unpaired) electrons. The first-order valence-electron chi connectivity index (χ1n) is 10.2. The van der Waals surface area contributed by atoms with Crippen molar-refractivity contribution in [3.63, 3.8) is 0 Å². The summed E-state index contributed by atoms with van der Waals surface area (Å²) in [5.41, 5.74) is 4.66. The predicted molar refractivity (Wildman–Crippen MR) is 102 cm³/mol. The molecular formula is C22H31FS. The van der Waals surface area contributed by atoms with E-state index in [-0.39, 0.29) is 6.01 Å². The molecule has 2 heteroatoms. The summed E-state index contributed by atoms with van der Waals surface area (Å²) in [5, 5.41) is 0. The number of hydrogen-bond acceptors (Lipinski definition) is 1. The fraction of sp³-hybridized carbons (Fsp3) is 0.727. The van der Waals surface area contributed by atoms with Gasteiger partial charge in [-0.1, -0.05) is 62.4 Å². The van der Waals surface area contributed by atoms with Gasteiger partial charge >= 0.3 is 0 Å². The molecule has 0 bridgehead atoms. The molecule has 24 heavy (non-hydrogen) atoms. The first-order valence-corrected chi connectivity index (χ1v) is 11.2. The number of thioether (sulfide) groups is 1. The van der Waals surface area contributed by atoms with E-state index in [1.165, 1.54) is 105 Å². The minimum Gasteiger partial charge on any atom is -0.239 e. The van der Waals surface area contributed by atoms with Gasteiger partial charge in [0.1, 0.15) is 6.01 Å². The molecule has 0 nitrogen and oxygen atoms in total. The summed E-state index contributed by atoms with van der Waals surface area (Å²) in [6.07, 6.45) is 16.2. The maximum Gasteiger partial charge on any atom is 0.139 e. The second-order valence-electron chi connectivity index (χ2n) is 8.23. The predicted octanol–water partition coefficient (Wildman–Crippen LogP) is 7.68. The quantitative estimate of drug-likeness (QED) is 0.493. The summed E-state index contributed by atoms with van der Waals surface area (Å²) < 4.78 is 13.4. The third kappa shape index (κ3) is 3.41. The molecule has 3 saturated carbocycles. The highest BCUT2D eigenvalue weighted by atomic mass is 32.2. The topological polar surface area (TPSA) is 0 Å². The van der Waals surface area contributed by atoms with Crippen LogP contribution in [0.1, 0.15) is 111 Å². The summed E-state index contributed by atoms with van der Waals surface area (Å²) >= 11 is 1.49. The zero-order valence-corrected chi connectivity index (χ0v) is 15.7. The molecule has 0 saturated heterocycles. The van der Waals surface area contributed by atoms with Crippen LogP contribution in [0.15, 0.2) is 17.0 Å². The molecule has 0 heterocycles. The molecule has 0 atom stereocenters. The summed E-state index contributed by atoms with van der Waals surface area (Å²) in [7, 11) is 0. The Morgan fingerprint density at radius 3 is 1.54 bits per heavy atom. The van der Waals surface area contributed by atoms with Gasteiger partial charge in [0.15, 0.2) is 0 Å². The molecule has 132 valence electrons. The molecule has 0 amide bonds. The van der Waals surface area contributed by atoms with Crippen LogP contribution in [0.4, 0.5) is 4.39 Å². The lowest BCUT2D eigenvalue weighted by atomic mass is 9.85. The van der Waals surface area contributed by atoms with Crippen LogP contribution >= 0.6 is 11.8 Å². The van der Waals surface area contributed by atoms with Crippen LogP contribution in [0.2, 0.25) is 0 Å². The van der Waals surface area contributed by atoms with Crippen molar-refractivity contribution in [3.8, 4) is 0 Å². The highest BCUT2D eigenvalue weighted by molar-refractivity contribution is 7.99. The molecule has 1 aromatic carbocycles. The lowest BCUT2D eigenvalue weighted by Gasteiger charge is -2.25. The highest BCUT2D eigenvalue weighted by Gasteiger charge is 2.29. The van der Waals surface area contributed by atoms with Crippen molar-refractivity contribution in [3.05, 3.63) is 28.8 Å². The second kappa shape index (κ2) is 7.81. The third-order valence-corrected chi connectivity index (χ3v) is 7.65. The van der Waals surface area contributed by atoms with Crippen LogP contribution in [0.5, 0.6) is 0 Å². The molecule has 3 fully saturated rings. The number of benzene rings is 1. The first-order chi connectivity index (χ1) is 11.9. The van der Waals surface area contributed by atoms with Crippen molar-refractivity contribution in [2.24, 2.45) is 0 Å². The lowest BCUT2D eigenvalue weighted by molar-refractivity contribution is 0.603. The van der Waals surface area contributed by atoms with Crippen LogP contribution in [-0.4, -0.2) is 6.01 Å². The molecule has 0 unspecified atom stereocenters. The Labute approximate surface area is 151 Å². The van der Waals surface area contributed by atoms with E-state index in [1.54, 1.807) is 5.56 Å². The van der Waals surface area contributed by atoms with Crippen molar-refractivity contribution in [2.75, 3.05) is 6.01 Å². The smallest absolute Gasteiger partial charge is 0.139 e. The lowest BCUT2D eigenvalue weighted by Crippen LogP contribution is -2.06. The Balaban J connectivity index is 1.78. The molecule has 1 aromatic rings. The van der Waals surface area contributed by atoms with Gasteiger partial charge in [-0.05, 0) is 73.0 Å². The average molecular weight is 347 g/mol. The van der Waals surface area contributed by atoms with E-state index in [1.807, 2.05) is 0 Å². The van der Waals surface area contributed by atoms with E-state index in [0.717, 1.165) is 5.92 Å². The van der Waals surface area contributed by atoms with Crippen LogP contribution < -0.4 is 0 Å². The van der Waals surface area contributed by atoms with Gasteiger partial charge in [0.05, 0.1) is 0 Å². The van der Waals surface area contributed by atoms with E-state index >= 15 is 0 Å². The number of rotatable bonds is 5. The molecule has 3 aliphatic carbocycles. The Kier molecular flexibility index (Phi) is 5.51. The van der Waals surface area contributed by atoms with Gasteiger partial charge in [-0.2, -0.15) is 0 Å². The van der Waals surface area contributed by atoms with Gasteiger partial charge in [-0.25, -0.2) is 4.39 Å². The Morgan fingerprint density at radius 1 is 0.708 bits per heavy atom. The van der Waals surface area contributed by atoms with Crippen molar-refractivity contribution in [1.82, 2.24) is 0 Å². The van der Waals surface area contributed by atoms with Crippen molar-refractivity contribution < 1.29 is 4.39 Å². The van der Waals surface area contributed by atoms with Crippen LogP contribution in [0, 0.1) is 0 Å². The van der Waals surface area contributed by atoms with Crippen molar-refractivity contribution in [1.29, 1.82) is 0 Å². The van der Waals surface area contributed by atoms with Crippen LogP contribution in [0.3, 0.4) is 0 Å². The molecule has 0 spiro atoms. The van der Waals surface area contributed by atoms with Crippen molar-refractivity contribution >= 4 is 11.8 Å². The fourth-order valence-electron chi connectivity index (χ4n) is 5.49. The van der Waals surface area contributed by atoms with Crippen LogP contribution in [0.25, 0.3) is 0 Å². The number of hydrogen-bond donors (Lipinski definition) is 0. The molecule has 3 aliphatic rings. The number of halogens is 1. The second-order valence-corrected chi connectivity index (χ2v) is 9.14. The Bertz CT molecular complexity index is 512. The highest BCUT2D eigenvalue weighted by Crippen LogP contribution is 2.48. The van der Waals surface area contributed by atoms with E-state index < -0.39 is 0 Å². The maximum absolute atomic E-state index is 13.4. The standard InChI is InChI=1S/C22H31FS/c23-15-24-22-20(17-9-3-4-10-17)13-19(16-7-1-2-8-16)14-21(22)18-11-5-6-12-18/h13-14,16-18H,1-12,15H2. The normalized spacial score (nSPS) is 23.5. The molecule has 4 rings (SSSR count). The van der Waals surface area contributed by atoms with E-state index in [0.29, 0.717) is 11.8 Å². The molecule has 0 aromatic heterocycles. The van der Waals surface area contributed by atoms with E-state index in [2.05, 4.69) is 12.1 Å². The summed E-state index contributed by atoms with van der Waals surface area (Å²) in [5.74, 6) is 2.16. The Morgan fingerprint density at radius 2 is 1.12 bits per heavy atom. The van der Waals surface area contributed by atoms with Gasteiger partial charge in [0.25, 0.3) is 0 Å². The average Bonchev–Trinajstić information content (AvgIpc) is 3.36. The van der Waals surface area contributed by atoms with E-state index in [4.69, 9.17) is 0 Å². The van der Waals surface area contributed by atoms with Crippen molar-refractivity contribution in [2.45, 2.75) is 99.7 Å². The molecule has 0 aliphatic heterocycles. The van der Waals surface area contributed by atoms with Gasteiger partial charge in [-0.3, -0.25) is 0 Å². The number of alkyl halides is 1. The van der Waals surface area contributed by atoms with Gasteiger partial charge in [0.2, 0.25) is 0 Å². The largest absolute Gasteiger partial charge is 0.239 e. The monoisotopic (exact) mass is 346 g/mol. The molecular weight excluding hydrogens is 315 g/mol. The minimum atomic E-state index is -0.276. The first kappa shape index (κ1) is 16.9. The SMILES string of the molecule is FCSc1c(C2CCCC2)cc(C2CCCC2)cc1C1CCCC1. The van der Waals surface area contributed by atoms with E-state index in [9.17, 15) is 4.39 Å². The fourth-order valence-corrected chi connectivity index (χ4v) is 6.39. The zero-order valence-electron chi connectivity index (χ0n) is 14.9. The van der Waals surface area contributed by atoms with Gasteiger partial charge in [-0.15, -0.1) is 0 Å². The maximum atomic E-state index is 13.4. The third-order valence-electron chi connectivity index (χ3n) is 6.78. The Hall–Kier alpha value is -0.500. The van der Waals surface area contributed by atoms with Crippen LogP contribution in [-0.2, 0) is 0 Å². The summed E-state index contributed by atoms with van der Waals surface area (Å²) in [6, 6.07) is 4.76. The van der Waals surface area contributed by atoms with Gasteiger partial charge in [0, 0.05) is 4.90 Å². The summed E-state index contributed by atoms with van der Waals surface area (Å²) in [6.45, 7) is 0. The summed E-state index contributed by atoms with van der Waals surface area (Å²) in [4.78, 5) is 1.35.